The minimum atomic E-state index is -0.00328. The number of hydrogen-bond acceptors (Lipinski definition) is 2. The lowest BCUT2D eigenvalue weighted by Crippen LogP contribution is -2.47. The second-order valence-electron chi connectivity index (χ2n) is 3.87. The van der Waals surface area contributed by atoms with Crippen LogP contribution in [0.2, 0.25) is 0 Å². The Hall–Kier alpha value is -1.68. The Morgan fingerprint density at radius 3 is 2.71 bits per heavy atom. The van der Waals surface area contributed by atoms with Gasteiger partial charge in [0.05, 0.1) is 6.04 Å². The van der Waals surface area contributed by atoms with Crippen LogP contribution in [-0.2, 0) is 0 Å². The molecule has 3 nitrogen and oxygen atoms in total. The molecule has 1 aliphatic rings. The largest absolute Gasteiger partial charge is 0.355 e. The van der Waals surface area contributed by atoms with Crippen LogP contribution in [0.25, 0.3) is 0 Å². The molecule has 0 aliphatic carbocycles. The maximum atomic E-state index is 12.3. The lowest BCUT2D eigenvalue weighted by Gasteiger charge is -2.25. The van der Waals surface area contributed by atoms with E-state index in [-0.39, 0.29) is 11.8 Å². The fraction of sp³-hybridized carbons (Fsp3) is 0.231. The van der Waals surface area contributed by atoms with Gasteiger partial charge in [-0.2, -0.15) is 0 Å². The fourth-order valence-corrected chi connectivity index (χ4v) is 2.02. The van der Waals surface area contributed by atoms with Crippen molar-refractivity contribution in [3.8, 4) is 0 Å². The molecule has 1 heterocycles. The zero-order chi connectivity index (χ0) is 12.3. The summed E-state index contributed by atoms with van der Waals surface area (Å²) in [5, 5.41) is 6.55. The minimum absolute atomic E-state index is 0.00328. The molecule has 0 aromatic heterocycles. The van der Waals surface area contributed by atoms with Gasteiger partial charge < -0.3 is 10.6 Å². The molecule has 0 amide bonds. The van der Waals surface area contributed by atoms with Gasteiger partial charge in [-0.1, -0.05) is 37.3 Å². The fourth-order valence-electron chi connectivity index (χ4n) is 1.82. The van der Waals surface area contributed by atoms with Crippen LogP contribution >= 0.6 is 12.2 Å². The summed E-state index contributed by atoms with van der Waals surface area (Å²) in [6.45, 7) is 2.03. The van der Waals surface area contributed by atoms with Gasteiger partial charge in [0.15, 0.2) is 10.9 Å². The van der Waals surface area contributed by atoms with Crippen LogP contribution < -0.4 is 10.6 Å². The molecule has 0 spiro atoms. The molecule has 0 saturated carbocycles. The Morgan fingerprint density at radius 2 is 2.06 bits per heavy atom. The highest BCUT2D eigenvalue weighted by Gasteiger charge is 2.24. The first-order chi connectivity index (χ1) is 8.22. The van der Waals surface area contributed by atoms with Gasteiger partial charge in [-0.25, -0.2) is 0 Å². The molecule has 1 atom stereocenters. The van der Waals surface area contributed by atoms with Crippen LogP contribution in [0.4, 0.5) is 0 Å². The maximum absolute atomic E-state index is 12.3. The highest BCUT2D eigenvalue weighted by molar-refractivity contribution is 7.80. The molecule has 17 heavy (non-hydrogen) atoms. The van der Waals surface area contributed by atoms with E-state index >= 15 is 0 Å². The number of benzene rings is 1. The molecule has 2 rings (SSSR count). The number of nitrogens with one attached hydrogen (secondary N) is 2. The van der Waals surface area contributed by atoms with Gasteiger partial charge in [0.25, 0.3) is 0 Å². The lowest BCUT2D eigenvalue weighted by molar-refractivity contribution is 0.102. The first-order valence-electron chi connectivity index (χ1n) is 5.59. The SMILES string of the molecule is CCC1NC(=S)NC=C1C(=O)c1ccccc1. The van der Waals surface area contributed by atoms with Crippen molar-refractivity contribution < 1.29 is 4.79 Å². The van der Waals surface area contributed by atoms with Gasteiger partial charge in [0, 0.05) is 17.3 Å². The summed E-state index contributed by atoms with van der Waals surface area (Å²) in [6, 6.07) is 9.27. The maximum Gasteiger partial charge on any atom is 0.192 e. The molecular formula is C13H14N2OS. The third kappa shape index (κ3) is 2.53. The van der Waals surface area contributed by atoms with Crippen molar-refractivity contribution in [1.29, 1.82) is 0 Å². The number of carbonyl (C=O) groups excluding carboxylic acids is 1. The molecule has 1 aromatic rings. The van der Waals surface area contributed by atoms with Gasteiger partial charge in [-0.3, -0.25) is 4.79 Å². The summed E-state index contributed by atoms with van der Waals surface area (Å²) >= 11 is 5.03. The van der Waals surface area contributed by atoms with Crippen LogP contribution in [0.3, 0.4) is 0 Å². The zero-order valence-electron chi connectivity index (χ0n) is 9.57. The quantitative estimate of drug-likeness (QED) is 0.632. The summed E-state index contributed by atoms with van der Waals surface area (Å²) in [5.74, 6) is 0.0416. The molecule has 2 N–H and O–H groups in total. The van der Waals surface area contributed by atoms with Crippen LogP contribution in [0, 0.1) is 0 Å². The molecule has 0 radical (unpaired) electrons. The van der Waals surface area contributed by atoms with Crippen molar-refractivity contribution in [3.63, 3.8) is 0 Å². The van der Waals surface area contributed by atoms with E-state index in [1.165, 1.54) is 0 Å². The van der Waals surface area contributed by atoms with Crippen LogP contribution in [0.15, 0.2) is 42.1 Å². The van der Waals surface area contributed by atoms with Gasteiger partial charge >= 0.3 is 0 Å². The van der Waals surface area contributed by atoms with Crippen molar-refractivity contribution >= 4 is 23.1 Å². The summed E-state index contributed by atoms with van der Waals surface area (Å²) in [6.07, 6.45) is 2.54. The highest BCUT2D eigenvalue weighted by Crippen LogP contribution is 2.15. The Labute approximate surface area is 106 Å². The number of rotatable bonds is 3. The third-order valence-electron chi connectivity index (χ3n) is 2.75. The Balaban J connectivity index is 2.27. The lowest BCUT2D eigenvalue weighted by atomic mass is 9.95. The molecule has 1 unspecified atom stereocenters. The van der Waals surface area contributed by atoms with Crippen molar-refractivity contribution in [3.05, 3.63) is 47.7 Å². The molecule has 88 valence electrons. The van der Waals surface area contributed by atoms with E-state index in [0.29, 0.717) is 10.7 Å². The predicted octanol–water partition coefficient (Wildman–Crippen LogP) is 2.01. The van der Waals surface area contributed by atoms with Crippen molar-refractivity contribution in [1.82, 2.24) is 10.6 Å². The number of ketones is 1. The first-order valence-corrected chi connectivity index (χ1v) is 6.00. The monoisotopic (exact) mass is 246 g/mol. The summed E-state index contributed by atoms with van der Waals surface area (Å²) < 4.78 is 0. The highest BCUT2D eigenvalue weighted by atomic mass is 32.1. The van der Waals surface area contributed by atoms with Gasteiger partial charge in [0.1, 0.15) is 0 Å². The zero-order valence-corrected chi connectivity index (χ0v) is 10.4. The topological polar surface area (TPSA) is 41.1 Å². The van der Waals surface area contributed by atoms with Crippen molar-refractivity contribution in [2.75, 3.05) is 0 Å². The smallest absolute Gasteiger partial charge is 0.192 e. The standard InChI is InChI=1S/C13H14N2OS/c1-2-11-10(8-14-13(17)15-11)12(16)9-6-4-3-5-7-9/h3-8,11H,2H2,1H3,(H2,14,15,17). The van der Waals surface area contributed by atoms with Crippen molar-refractivity contribution in [2.24, 2.45) is 0 Å². The summed E-state index contributed by atoms with van der Waals surface area (Å²) in [5.41, 5.74) is 1.43. The van der Waals surface area contributed by atoms with E-state index in [0.717, 1.165) is 12.0 Å². The third-order valence-corrected chi connectivity index (χ3v) is 2.98. The van der Waals surface area contributed by atoms with E-state index in [1.54, 1.807) is 6.20 Å². The molecule has 4 heteroatoms. The van der Waals surface area contributed by atoms with Crippen LogP contribution in [0.5, 0.6) is 0 Å². The number of Topliss-reactive ketones (excluding diaryl/α,β-unsaturated/α-hetero) is 1. The van der Waals surface area contributed by atoms with Crippen molar-refractivity contribution in [2.45, 2.75) is 19.4 Å². The predicted molar refractivity (Wildman–Crippen MR) is 71.8 cm³/mol. The molecule has 0 fully saturated rings. The average molecular weight is 246 g/mol. The van der Waals surface area contributed by atoms with Gasteiger partial charge in [-0.15, -0.1) is 0 Å². The Morgan fingerprint density at radius 1 is 1.35 bits per heavy atom. The first kappa shape index (κ1) is 11.8. The molecule has 0 bridgehead atoms. The number of hydrogen-bond donors (Lipinski definition) is 2. The van der Waals surface area contributed by atoms with E-state index in [9.17, 15) is 4.79 Å². The summed E-state index contributed by atoms with van der Waals surface area (Å²) in [4.78, 5) is 12.3. The van der Waals surface area contributed by atoms with E-state index in [1.807, 2.05) is 37.3 Å². The van der Waals surface area contributed by atoms with Crippen LogP contribution in [-0.4, -0.2) is 16.9 Å². The Bertz CT molecular complexity index is 468. The van der Waals surface area contributed by atoms with Gasteiger partial charge in [-0.05, 0) is 18.6 Å². The van der Waals surface area contributed by atoms with E-state index in [4.69, 9.17) is 12.2 Å². The molecule has 1 aliphatic heterocycles. The van der Waals surface area contributed by atoms with E-state index in [2.05, 4.69) is 10.6 Å². The second kappa shape index (κ2) is 5.10. The number of carbonyl (C=O) groups is 1. The summed E-state index contributed by atoms with van der Waals surface area (Å²) in [7, 11) is 0. The Kier molecular flexibility index (Phi) is 3.54. The normalized spacial score (nSPS) is 19.0. The number of thiocarbonyl (C=S) groups is 1. The molecule has 0 saturated heterocycles. The second-order valence-corrected chi connectivity index (χ2v) is 4.28. The molecule has 1 aromatic carbocycles. The van der Waals surface area contributed by atoms with Gasteiger partial charge in [0.2, 0.25) is 0 Å². The molecular weight excluding hydrogens is 232 g/mol. The average Bonchev–Trinajstić information content (AvgIpc) is 2.39. The minimum Gasteiger partial charge on any atom is -0.355 e. The van der Waals surface area contributed by atoms with E-state index < -0.39 is 0 Å². The van der Waals surface area contributed by atoms with Crippen LogP contribution in [0.1, 0.15) is 23.7 Å².